The summed E-state index contributed by atoms with van der Waals surface area (Å²) in [4.78, 5) is 19.0. The molecule has 2 heterocycles. The van der Waals surface area contributed by atoms with E-state index in [1.165, 1.54) is 0 Å². The van der Waals surface area contributed by atoms with Crippen LogP contribution in [0, 0.1) is 13.1 Å². The summed E-state index contributed by atoms with van der Waals surface area (Å²) in [7, 11) is 0. The molecule has 1 aromatic heterocycles. The maximum Gasteiger partial charge on any atom is 0.245 e. The highest BCUT2D eigenvalue weighted by Gasteiger charge is 2.27. The van der Waals surface area contributed by atoms with E-state index in [4.69, 9.17) is 5.11 Å². The van der Waals surface area contributed by atoms with Crippen LogP contribution in [0.3, 0.4) is 0 Å². The second-order valence-corrected chi connectivity index (χ2v) is 6.93. The third kappa shape index (κ3) is 4.74. The fourth-order valence-corrected chi connectivity index (χ4v) is 3.73. The molecule has 1 fully saturated rings. The van der Waals surface area contributed by atoms with Crippen molar-refractivity contribution >= 4 is 17.7 Å². The van der Waals surface area contributed by atoms with Crippen molar-refractivity contribution < 1.29 is 9.90 Å². The van der Waals surface area contributed by atoms with Gasteiger partial charge in [0.1, 0.15) is 18.1 Å². The lowest BCUT2D eigenvalue weighted by atomic mass is 10.1. The minimum absolute atomic E-state index is 0.157. The Kier molecular flexibility index (Phi) is 7.25. The zero-order valence-electron chi connectivity index (χ0n) is 13.3. The highest BCUT2D eigenvalue weighted by atomic mass is 32.2. The number of hydrogen-bond donors (Lipinski definition) is 1. The monoisotopic (exact) mass is 324 g/mol. The molecule has 1 N–H and O–H groups in total. The van der Waals surface area contributed by atoms with E-state index in [2.05, 4.69) is 11.2 Å². The van der Waals surface area contributed by atoms with Gasteiger partial charge in [0, 0.05) is 37.4 Å². The summed E-state index contributed by atoms with van der Waals surface area (Å²) in [6.45, 7) is 3.88. The molecule has 1 aliphatic heterocycles. The summed E-state index contributed by atoms with van der Waals surface area (Å²) in [6.07, 6.45) is 9.40. The Labute approximate surface area is 137 Å². The van der Waals surface area contributed by atoms with Gasteiger partial charge in [-0.3, -0.25) is 4.79 Å². The first-order chi connectivity index (χ1) is 10.7. The summed E-state index contributed by atoms with van der Waals surface area (Å²) in [5.41, 5.74) is 0. The van der Waals surface area contributed by atoms with Crippen molar-refractivity contribution in [2.24, 2.45) is 0 Å². The normalized spacial score (nSPS) is 16.7. The standard InChI is InChI=1S/C16H26N3O2S/c1-14-17-7-8-19(14)15(6-4-2-3-5-11-20)16(21)18-9-12-22-13-10-18/h8,15,20H,2-6,9-13H2,1H3. The number of amides is 1. The van der Waals surface area contributed by atoms with Crippen molar-refractivity contribution in [1.29, 1.82) is 0 Å². The minimum atomic E-state index is -0.157. The average Bonchev–Trinajstić information content (AvgIpc) is 2.97. The van der Waals surface area contributed by atoms with E-state index in [0.29, 0.717) is 0 Å². The molecule has 0 spiro atoms. The van der Waals surface area contributed by atoms with Gasteiger partial charge >= 0.3 is 0 Å². The van der Waals surface area contributed by atoms with E-state index in [0.717, 1.165) is 62.5 Å². The van der Waals surface area contributed by atoms with Gasteiger partial charge in [0.05, 0.1) is 0 Å². The molecule has 123 valence electrons. The first kappa shape index (κ1) is 17.3. The number of imidazole rings is 1. The van der Waals surface area contributed by atoms with Crippen LogP contribution >= 0.6 is 11.8 Å². The van der Waals surface area contributed by atoms with Gasteiger partial charge in [0.15, 0.2) is 0 Å². The van der Waals surface area contributed by atoms with Gasteiger partial charge in [-0.15, -0.1) is 0 Å². The van der Waals surface area contributed by atoms with Crippen molar-refractivity contribution in [1.82, 2.24) is 14.5 Å². The summed E-state index contributed by atoms with van der Waals surface area (Å²) < 4.78 is 1.97. The van der Waals surface area contributed by atoms with Crippen molar-refractivity contribution in [2.45, 2.75) is 45.1 Å². The molecule has 1 aromatic rings. The first-order valence-electron chi connectivity index (χ1n) is 8.13. The molecular formula is C16H26N3O2S. The van der Waals surface area contributed by atoms with Gasteiger partial charge in [-0.05, 0) is 19.8 Å². The van der Waals surface area contributed by atoms with Gasteiger partial charge in [-0.1, -0.05) is 19.3 Å². The van der Waals surface area contributed by atoms with E-state index >= 15 is 0 Å². The van der Waals surface area contributed by atoms with Gasteiger partial charge < -0.3 is 14.6 Å². The minimum Gasteiger partial charge on any atom is -0.396 e. The van der Waals surface area contributed by atoms with Gasteiger partial charge in [0.2, 0.25) is 5.91 Å². The molecule has 1 amide bonds. The van der Waals surface area contributed by atoms with Crippen molar-refractivity contribution in [3.63, 3.8) is 0 Å². The van der Waals surface area contributed by atoms with Crippen molar-refractivity contribution in [3.05, 3.63) is 18.2 Å². The van der Waals surface area contributed by atoms with Gasteiger partial charge in [0.25, 0.3) is 0 Å². The van der Waals surface area contributed by atoms with E-state index in [1.807, 2.05) is 28.2 Å². The topological polar surface area (TPSA) is 58.4 Å². The maximum atomic E-state index is 12.9. The fraction of sp³-hybridized carbons (Fsp3) is 0.750. The lowest BCUT2D eigenvalue weighted by Crippen LogP contribution is -2.42. The molecule has 1 radical (unpaired) electrons. The molecule has 0 saturated carbocycles. The van der Waals surface area contributed by atoms with Crippen LogP contribution in [0.4, 0.5) is 0 Å². The zero-order chi connectivity index (χ0) is 15.8. The summed E-state index contributed by atoms with van der Waals surface area (Å²) in [6, 6.07) is -0.157. The number of hydrogen-bond acceptors (Lipinski definition) is 4. The Bertz CT molecular complexity index is 458. The van der Waals surface area contributed by atoms with E-state index in [1.54, 1.807) is 6.20 Å². The Morgan fingerprint density at radius 2 is 2.09 bits per heavy atom. The van der Waals surface area contributed by atoms with Crippen LogP contribution in [0.1, 0.15) is 44.0 Å². The number of carbonyl (C=O) groups excluding carboxylic acids is 1. The molecule has 1 aliphatic rings. The van der Waals surface area contributed by atoms with Crippen LogP contribution in [0.2, 0.25) is 0 Å². The predicted octanol–water partition coefficient (Wildman–Crippen LogP) is 2.05. The number of aromatic nitrogens is 2. The molecule has 0 aromatic carbocycles. The number of aliphatic hydroxyl groups excluding tert-OH is 1. The molecule has 5 nitrogen and oxygen atoms in total. The SMILES string of the molecule is Cc1n[c]cn1C(CCCCCCO)C(=O)N1CCSCC1. The fourth-order valence-electron chi connectivity index (χ4n) is 2.83. The molecule has 1 atom stereocenters. The van der Waals surface area contributed by atoms with E-state index in [-0.39, 0.29) is 18.6 Å². The van der Waals surface area contributed by atoms with Crippen LogP contribution in [-0.2, 0) is 4.79 Å². The molecule has 1 unspecified atom stereocenters. The maximum absolute atomic E-state index is 12.9. The van der Waals surface area contributed by atoms with Crippen LogP contribution in [0.15, 0.2) is 6.20 Å². The van der Waals surface area contributed by atoms with Crippen LogP contribution in [0.5, 0.6) is 0 Å². The third-order valence-electron chi connectivity index (χ3n) is 4.13. The highest BCUT2D eigenvalue weighted by molar-refractivity contribution is 7.99. The first-order valence-corrected chi connectivity index (χ1v) is 9.28. The number of aryl methyl sites for hydroxylation is 1. The lowest BCUT2D eigenvalue weighted by Gasteiger charge is -2.31. The molecule has 2 rings (SSSR count). The molecular weight excluding hydrogens is 298 g/mol. The predicted molar refractivity (Wildman–Crippen MR) is 88.9 cm³/mol. The quantitative estimate of drug-likeness (QED) is 0.744. The van der Waals surface area contributed by atoms with Crippen LogP contribution in [0.25, 0.3) is 0 Å². The highest BCUT2D eigenvalue weighted by Crippen LogP contribution is 2.22. The smallest absolute Gasteiger partial charge is 0.245 e. The number of nitrogens with zero attached hydrogens (tertiary/aromatic N) is 3. The number of carbonyl (C=O) groups is 1. The van der Waals surface area contributed by atoms with Crippen LogP contribution < -0.4 is 0 Å². The average molecular weight is 324 g/mol. The van der Waals surface area contributed by atoms with Crippen molar-refractivity contribution in [3.8, 4) is 0 Å². The van der Waals surface area contributed by atoms with Crippen LogP contribution in [-0.4, -0.2) is 56.7 Å². The number of thioether (sulfide) groups is 1. The largest absolute Gasteiger partial charge is 0.396 e. The summed E-state index contributed by atoms with van der Waals surface area (Å²) in [5, 5.41) is 8.84. The number of aliphatic hydroxyl groups is 1. The third-order valence-corrected chi connectivity index (χ3v) is 5.07. The van der Waals surface area contributed by atoms with E-state index < -0.39 is 0 Å². The van der Waals surface area contributed by atoms with Gasteiger partial charge in [-0.2, -0.15) is 11.8 Å². The van der Waals surface area contributed by atoms with Gasteiger partial charge in [-0.25, -0.2) is 4.98 Å². The Hall–Kier alpha value is -1.01. The Balaban J connectivity index is 1.98. The number of rotatable bonds is 8. The lowest BCUT2D eigenvalue weighted by molar-refractivity contribution is -0.134. The summed E-state index contributed by atoms with van der Waals surface area (Å²) >= 11 is 1.91. The molecule has 1 saturated heterocycles. The zero-order valence-corrected chi connectivity index (χ0v) is 14.1. The Morgan fingerprint density at radius 3 is 2.73 bits per heavy atom. The number of unbranched alkanes of at least 4 members (excludes halogenated alkanes) is 3. The Morgan fingerprint density at radius 1 is 1.36 bits per heavy atom. The van der Waals surface area contributed by atoms with E-state index in [9.17, 15) is 4.79 Å². The molecule has 0 bridgehead atoms. The van der Waals surface area contributed by atoms with Crippen molar-refractivity contribution in [2.75, 3.05) is 31.2 Å². The second kappa shape index (κ2) is 9.20. The molecule has 0 aliphatic carbocycles. The molecule has 6 heteroatoms. The summed E-state index contributed by atoms with van der Waals surface area (Å²) in [5.74, 6) is 3.13. The molecule has 22 heavy (non-hydrogen) atoms. The second-order valence-electron chi connectivity index (χ2n) is 5.70.